The Kier molecular flexibility index (Phi) is 6.19. The van der Waals surface area contributed by atoms with Crippen molar-refractivity contribution in [1.29, 1.82) is 0 Å². The van der Waals surface area contributed by atoms with Crippen molar-refractivity contribution in [2.45, 2.75) is 39.6 Å². The summed E-state index contributed by atoms with van der Waals surface area (Å²) >= 11 is 0. The fraction of sp³-hybridized carbons (Fsp3) is 0.308. The lowest BCUT2D eigenvalue weighted by molar-refractivity contribution is -0.0264. The van der Waals surface area contributed by atoms with Crippen LogP contribution in [0.15, 0.2) is 58.5 Å². The van der Waals surface area contributed by atoms with E-state index in [0.29, 0.717) is 35.1 Å². The van der Waals surface area contributed by atoms with Crippen molar-refractivity contribution in [2.75, 3.05) is 13.7 Å². The number of hydrogen-bond donors (Lipinski definition) is 2. The SMILES string of the molecule is CCOC1(Cc2ccc(-c3c(-c4nn[nH]n4)cc(C)n3CC)cc2)N=c2cccc(C(=O)NC)c2=N1. The van der Waals surface area contributed by atoms with Gasteiger partial charge in [0.1, 0.15) is 5.36 Å². The predicted octanol–water partition coefficient (Wildman–Crippen LogP) is 2.21. The molecule has 1 unspecified atom stereocenters. The standard InChI is InChI=1S/C26H28N8O2/c1-5-34-16(3)14-20(24-30-32-33-31-24)23(34)18-12-10-17(11-13-18)15-26(36-6-2)28-21-9-7-8-19(22(21)29-26)25(35)27-4/h7-14H,5-6,15H2,1-4H3,(H,27,35)(H,30,31,32,33). The number of carbonyl (C=O) groups is 1. The van der Waals surface area contributed by atoms with Gasteiger partial charge in [-0.1, -0.05) is 30.3 Å². The predicted molar refractivity (Wildman–Crippen MR) is 134 cm³/mol. The van der Waals surface area contributed by atoms with E-state index in [-0.39, 0.29) is 5.91 Å². The van der Waals surface area contributed by atoms with Crippen molar-refractivity contribution in [3.05, 3.63) is 76.1 Å². The lowest BCUT2D eigenvalue weighted by Gasteiger charge is -2.23. The number of rotatable bonds is 8. The molecule has 0 radical (unpaired) electrons. The van der Waals surface area contributed by atoms with E-state index in [1.807, 2.05) is 19.1 Å². The molecule has 1 aliphatic rings. The average molecular weight is 485 g/mol. The van der Waals surface area contributed by atoms with E-state index in [0.717, 1.165) is 34.6 Å². The highest BCUT2D eigenvalue weighted by Crippen LogP contribution is 2.34. The van der Waals surface area contributed by atoms with E-state index in [1.165, 1.54) is 0 Å². The van der Waals surface area contributed by atoms with Crippen LogP contribution in [0.4, 0.5) is 0 Å². The molecular formula is C26H28N8O2. The minimum atomic E-state index is -1.11. The van der Waals surface area contributed by atoms with Crippen molar-refractivity contribution >= 4 is 5.91 Å². The van der Waals surface area contributed by atoms with Crippen LogP contribution in [0, 0.1) is 6.92 Å². The first kappa shape index (κ1) is 23.6. The molecule has 2 N–H and O–H groups in total. The van der Waals surface area contributed by atoms with Crippen LogP contribution < -0.4 is 16.0 Å². The number of ether oxygens (including phenoxy) is 1. The number of aromatic nitrogens is 5. The zero-order chi connectivity index (χ0) is 25.3. The molecule has 1 amide bonds. The van der Waals surface area contributed by atoms with Crippen molar-refractivity contribution in [3.8, 4) is 22.6 Å². The van der Waals surface area contributed by atoms with Gasteiger partial charge in [0.2, 0.25) is 5.82 Å². The third-order valence-electron chi connectivity index (χ3n) is 6.31. The maximum absolute atomic E-state index is 12.4. The first-order chi connectivity index (χ1) is 17.5. The Balaban J connectivity index is 1.51. The number of fused-ring (bicyclic) bond motifs is 1. The number of nitrogens with one attached hydrogen (secondary N) is 2. The third kappa shape index (κ3) is 4.09. The van der Waals surface area contributed by atoms with Crippen LogP contribution in [0.25, 0.3) is 22.6 Å². The highest BCUT2D eigenvalue weighted by Gasteiger charge is 2.33. The number of amides is 1. The molecule has 0 saturated carbocycles. The smallest absolute Gasteiger partial charge is 0.262 e. The molecule has 5 rings (SSSR count). The van der Waals surface area contributed by atoms with Gasteiger partial charge >= 0.3 is 0 Å². The van der Waals surface area contributed by atoms with Crippen molar-refractivity contribution in [3.63, 3.8) is 0 Å². The summed E-state index contributed by atoms with van der Waals surface area (Å²) in [5, 5.41) is 18.5. The number of carbonyl (C=O) groups excluding carboxylic acids is 1. The van der Waals surface area contributed by atoms with Crippen molar-refractivity contribution < 1.29 is 9.53 Å². The Morgan fingerprint density at radius 1 is 1.14 bits per heavy atom. The Labute approximate surface area is 208 Å². The summed E-state index contributed by atoms with van der Waals surface area (Å²) in [5.74, 6) is -0.749. The second-order valence-corrected chi connectivity index (χ2v) is 8.55. The van der Waals surface area contributed by atoms with Crippen molar-refractivity contribution in [2.24, 2.45) is 9.98 Å². The van der Waals surface area contributed by atoms with Crippen LogP contribution in [-0.4, -0.2) is 50.6 Å². The van der Waals surface area contributed by atoms with Crippen molar-refractivity contribution in [1.82, 2.24) is 30.5 Å². The topological polar surface area (TPSA) is 122 Å². The summed E-state index contributed by atoms with van der Waals surface area (Å²) in [6, 6.07) is 15.8. The highest BCUT2D eigenvalue weighted by atomic mass is 16.5. The largest absolute Gasteiger partial charge is 0.355 e. The Morgan fingerprint density at radius 3 is 2.61 bits per heavy atom. The molecule has 0 saturated heterocycles. The van der Waals surface area contributed by atoms with Crippen LogP contribution in [0.5, 0.6) is 0 Å². The number of benzene rings is 2. The molecule has 10 heteroatoms. The van der Waals surface area contributed by atoms with E-state index in [2.05, 4.69) is 74.7 Å². The third-order valence-corrected chi connectivity index (χ3v) is 6.31. The monoisotopic (exact) mass is 484 g/mol. The lowest BCUT2D eigenvalue weighted by atomic mass is 10.0. The second-order valence-electron chi connectivity index (χ2n) is 8.55. The Hall–Kier alpha value is -4.18. The number of aryl methyl sites for hydroxylation is 1. The minimum Gasteiger partial charge on any atom is -0.355 e. The molecule has 3 heterocycles. The Bertz CT molecular complexity index is 1520. The van der Waals surface area contributed by atoms with Gasteiger partial charge in [-0.3, -0.25) is 4.79 Å². The van der Waals surface area contributed by atoms with Gasteiger partial charge in [0, 0.05) is 37.9 Å². The zero-order valence-corrected chi connectivity index (χ0v) is 20.7. The normalized spacial score (nSPS) is 16.3. The van der Waals surface area contributed by atoms with E-state index < -0.39 is 5.85 Å². The van der Waals surface area contributed by atoms with Crippen LogP contribution in [0.3, 0.4) is 0 Å². The lowest BCUT2D eigenvalue weighted by Crippen LogP contribution is -2.33. The molecule has 1 atom stereocenters. The van der Waals surface area contributed by atoms with Gasteiger partial charge < -0.3 is 14.6 Å². The molecule has 0 spiro atoms. The maximum Gasteiger partial charge on any atom is 0.262 e. The van der Waals surface area contributed by atoms with Gasteiger partial charge in [-0.05, 0) is 55.3 Å². The first-order valence-corrected chi connectivity index (χ1v) is 12.0. The fourth-order valence-electron chi connectivity index (χ4n) is 4.76. The van der Waals surface area contributed by atoms with E-state index in [1.54, 1.807) is 13.1 Å². The molecule has 4 aromatic rings. The zero-order valence-electron chi connectivity index (χ0n) is 20.7. The van der Waals surface area contributed by atoms with E-state index >= 15 is 0 Å². The molecular weight excluding hydrogens is 456 g/mol. The number of hydrogen-bond acceptors (Lipinski definition) is 7. The van der Waals surface area contributed by atoms with Gasteiger partial charge in [0.25, 0.3) is 11.8 Å². The number of tetrazole rings is 1. The second kappa shape index (κ2) is 9.46. The molecule has 184 valence electrons. The van der Waals surface area contributed by atoms with Gasteiger partial charge in [0.15, 0.2) is 0 Å². The summed E-state index contributed by atoms with van der Waals surface area (Å²) in [7, 11) is 1.60. The van der Waals surface area contributed by atoms with Crippen LogP contribution in [0.1, 0.15) is 35.5 Å². The maximum atomic E-state index is 12.4. The van der Waals surface area contributed by atoms with E-state index in [4.69, 9.17) is 14.7 Å². The molecule has 36 heavy (non-hydrogen) atoms. The molecule has 2 aromatic carbocycles. The van der Waals surface area contributed by atoms with Crippen LogP contribution in [-0.2, 0) is 17.7 Å². The van der Waals surface area contributed by atoms with Crippen LogP contribution in [0.2, 0.25) is 0 Å². The molecule has 0 bridgehead atoms. The fourth-order valence-corrected chi connectivity index (χ4v) is 4.76. The summed E-state index contributed by atoms with van der Waals surface area (Å²) in [6.07, 6.45) is 0.439. The molecule has 0 fully saturated rings. The summed E-state index contributed by atoms with van der Waals surface area (Å²) in [5.41, 5.74) is 5.64. The number of para-hydroxylation sites is 1. The van der Waals surface area contributed by atoms with Crippen LogP contribution >= 0.6 is 0 Å². The van der Waals surface area contributed by atoms with Gasteiger partial charge in [-0.15, -0.1) is 10.2 Å². The number of aromatic amines is 1. The quantitative estimate of drug-likeness (QED) is 0.397. The Morgan fingerprint density at radius 2 is 1.94 bits per heavy atom. The molecule has 1 aliphatic heterocycles. The number of nitrogens with zero attached hydrogens (tertiary/aromatic N) is 6. The molecule has 2 aromatic heterocycles. The summed E-state index contributed by atoms with van der Waals surface area (Å²) in [6.45, 7) is 7.36. The highest BCUT2D eigenvalue weighted by molar-refractivity contribution is 5.93. The molecule has 10 nitrogen and oxygen atoms in total. The molecule has 0 aliphatic carbocycles. The number of H-pyrrole nitrogens is 1. The summed E-state index contributed by atoms with van der Waals surface area (Å²) < 4.78 is 8.31. The average Bonchev–Trinajstić information content (AvgIpc) is 3.61. The first-order valence-electron chi connectivity index (χ1n) is 12.0. The van der Waals surface area contributed by atoms with Gasteiger partial charge in [0.05, 0.1) is 16.6 Å². The minimum absolute atomic E-state index is 0.200. The van der Waals surface area contributed by atoms with E-state index in [9.17, 15) is 4.79 Å². The van der Waals surface area contributed by atoms with Gasteiger partial charge in [-0.2, -0.15) is 5.21 Å². The summed E-state index contributed by atoms with van der Waals surface area (Å²) in [4.78, 5) is 22.0. The van der Waals surface area contributed by atoms with Gasteiger partial charge in [-0.25, -0.2) is 9.98 Å².